The lowest BCUT2D eigenvalue weighted by Gasteiger charge is -2.27. The van der Waals surface area contributed by atoms with Crippen molar-refractivity contribution >= 4 is 11.6 Å². The van der Waals surface area contributed by atoms with Gasteiger partial charge in [-0.1, -0.05) is 258 Å². The van der Waals surface area contributed by atoms with Crippen LogP contribution in [0.15, 0.2) is 0 Å². The fourth-order valence-electron chi connectivity index (χ4n) is 7.40. The largest absolute Gasteiger partial charge is 0.119 e. The Kier molecular flexibility index (Phi) is 39.0. The molecule has 0 aromatic rings. The number of halogens is 1. The van der Waals surface area contributed by atoms with Gasteiger partial charge in [-0.05, 0) is 19.3 Å². The van der Waals surface area contributed by atoms with Crippen LogP contribution in [0.4, 0.5) is 0 Å². The highest BCUT2D eigenvalue weighted by molar-refractivity contribution is 6.23. The average molecular weight is 654 g/mol. The second-order valence-corrected chi connectivity index (χ2v) is 16.2. The van der Waals surface area contributed by atoms with E-state index in [1.54, 1.807) is 0 Å². The summed E-state index contributed by atoms with van der Waals surface area (Å²) < 4.78 is 0. The normalized spacial score (nSPS) is 13.1. The minimum atomic E-state index is 0.0935. The molecule has 0 spiro atoms. The summed E-state index contributed by atoms with van der Waals surface area (Å²) in [6.07, 6.45) is 56.9. The summed E-state index contributed by atoms with van der Waals surface area (Å²) in [7, 11) is 0. The zero-order chi connectivity index (χ0) is 32.8. The van der Waals surface area contributed by atoms with Gasteiger partial charge >= 0.3 is 0 Å². The summed E-state index contributed by atoms with van der Waals surface area (Å²) >= 11 is 7.43. The second kappa shape index (κ2) is 38.7. The van der Waals surface area contributed by atoms with Gasteiger partial charge in [0.25, 0.3) is 0 Å². The molecule has 0 aromatic carbocycles. The third-order valence-electron chi connectivity index (χ3n) is 10.7. The van der Waals surface area contributed by atoms with Crippen LogP contribution in [0.2, 0.25) is 0 Å². The van der Waals surface area contributed by atoms with Crippen LogP contribution >= 0.6 is 11.6 Å². The van der Waals surface area contributed by atoms with Crippen molar-refractivity contribution in [3.63, 3.8) is 0 Å². The molecule has 0 saturated heterocycles. The predicted octanol–water partition coefficient (Wildman–Crippen LogP) is 17.6. The van der Waals surface area contributed by atoms with Crippen molar-refractivity contribution in [2.75, 3.05) is 0 Å². The van der Waals surface area contributed by atoms with Crippen LogP contribution < -0.4 is 0 Å². The Morgan fingerprint density at radius 2 is 0.356 bits per heavy atom. The molecule has 0 nitrogen and oxygen atoms in total. The fraction of sp³-hybridized carbons (Fsp3) is 1.00. The maximum Gasteiger partial charge on any atom is 0.0446 e. The first-order chi connectivity index (χ1) is 22.2. The minimum Gasteiger partial charge on any atom is -0.119 e. The zero-order valence-corrected chi connectivity index (χ0v) is 32.9. The molecule has 0 radical (unpaired) electrons. The van der Waals surface area contributed by atoms with Gasteiger partial charge < -0.3 is 0 Å². The Labute approximate surface area is 293 Å². The second-order valence-electron chi connectivity index (χ2n) is 15.4. The summed E-state index contributed by atoms with van der Waals surface area (Å²) in [4.78, 5) is 0.0935. The molecule has 272 valence electrons. The van der Waals surface area contributed by atoms with Crippen molar-refractivity contribution in [2.45, 2.75) is 282 Å². The van der Waals surface area contributed by atoms with Gasteiger partial charge in [0.2, 0.25) is 0 Å². The SMILES string of the molecule is CCCCCCCCCCCCCCCCCCCC(Cl)(CCCCCCCCCC)CCCCCCCCCCCCCC. The van der Waals surface area contributed by atoms with Gasteiger partial charge in [0, 0.05) is 4.87 Å². The molecule has 0 aliphatic carbocycles. The Hall–Kier alpha value is 0.290. The van der Waals surface area contributed by atoms with Crippen LogP contribution in [0.3, 0.4) is 0 Å². The molecule has 0 fully saturated rings. The maximum absolute atomic E-state index is 7.43. The lowest BCUT2D eigenvalue weighted by Crippen LogP contribution is -2.21. The van der Waals surface area contributed by atoms with E-state index >= 15 is 0 Å². The minimum absolute atomic E-state index is 0.0935. The molecule has 1 atom stereocenters. The van der Waals surface area contributed by atoms with Crippen molar-refractivity contribution in [2.24, 2.45) is 0 Å². The van der Waals surface area contributed by atoms with E-state index < -0.39 is 0 Å². The Balaban J connectivity index is 3.95. The Bertz CT molecular complexity index is 515. The molecule has 0 amide bonds. The van der Waals surface area contributed by atoms with Crippen LogP contribution in [0.1, 0.15) is 278 Å². The quantitative estimate of drug-likeness (QED) is 0.0456. The Morgan fingerprint density at radius 1 is 0.222 bits per heavy atom. The molecule has 45 heavy (non-hydrogen) atoms. The molecule has 0 N–H and O–H groups in total. The van der Waals surface area contributed by atoms with E-state index in [-0.39, 0.29) is 4.87 Å². The molecule has 0 heterocycles. The van der Waals surface area contributed by atoms with Crippen molar-refractivity contribution in [3.05, 3.63) is 0 Å². The van der Waals surface area contributed by atoms with Crippen LogP contribution in [0.25, 0.3) is 0 Å². The van der Waals surface area contributed by atoms with Crippen LogP contribution in [0.5, 0.6) is 0 Å². The summed E-state index contributed by atoms with van der Waals surface area (Å²) in [5, 5.41) is 0. The summed E-state index contributed by atoms with van der Waals surface area (Å²) in [5.74, 6) is 0. The van der Waals surface area contributed by atoms with Crippen molar-refractivity contribution in [3.8, 4) is 0 Å². The topological polar surface area (TPSA) is 0 Å². The lowest BCUT2D eigenvalue weighted by molar-refractivity contribution is 0.394. The highest BCUT2D eigenvalue weighted by Crippen LogP contribution is 2.35. The van der Waals surface area contributed by atoms with E-state index in [0.29, 0.717) is 0 Å². The van der Waals surface area contributed by atoms with E-state index in [2.05, 4.69) is 20.8 Å². The summed E-state index contributed by atoms with van der Waals surface area (Å²) in [6.45, 7) is 6.94. The molecule has 0 bridgehead atoms. The van der Waals surface area contributed by atoms with Gasteiger partial charge in [-0.3, -0.25) is 0 Å². The first-order valence-corrected chi connectivity index (χ1v) is 22.2. The highest BCUT2D eigenvalue weighted by atomic mass is 35.5. The zero-order valence-electron chi connectivity index (χ0n) is 32.2. The average Bonchev–Trinajstić information content (AvgIpc) is 3.04. The van der Waals surface area contributed by atoms with Gasteiger partial charge in [0.05, 0.1) is 0 Å². The first kappa shape index (κ1) is 45.3. The van der Waals surface area contributed by atoms with Gasteiger partial charge in [0.1, 0.15) is 0 Å². The van der Waals surface area contributed by atoms with Crippen molar-refractivity contribution < 1.29 is 0 Å². The first-order valence-electron chi connectivity index (χ1n) is 21.9. The third-order valence-corrected chi connectivity index (χ3v) is 11.3. The van der Waals surface area contributed by atoms with Crippen LogP contribution in [-0.4, -0.2) is 4.87 Å². The van der Waals surface area contributed by atoms with Gasteiger partial charge in [-0.2, -0.15) is 0 Å². The van der Waals surface area contributed by atoms with Crippen LogP contribution in [-0.2, 0) is 0 Å². The van der Waals surface area contributed by atoms with Crippen LogP contribution in [0, 0.1) is 0 Å². The molecule has 1 heteroatoms. The number of hydrogen-bond donors (Lipinski definition) is 0. The lowest BCUT2D eigenvalue weighted by atomic mass is 9.88. The van der Waals surface area contributed by atoms with E-state index in [1.807, 2.05) is 0 Å². The summed E-state index contributed by atoms with van der Waals surface area (Å²) in [6, 6.07) is 0. The monoisotopic (exact) mass is 653 g/mol. The number of alkyl halides is 1. The number of hydrogen-bond acceptors (Lipinski definition) is 0. The van der Waals surface area contributed by atoms with Crippen molar-refractivity contribution in [1.82, 2.24) is 0 Å². The van der Waals surface area contributed by atoms with E-state index in [4.69, 9.17) is 11.6 Å². The standard InChI is InChI=1S/C44H89Cl/c1-4-7-10-13-16-19-21-23-24-25-26-27-29-31-34-37-40-43-44(45,41-38-35-32-18-15-12-9-6-3)42-39-36-33-30-28-22-20-17-14-11-8-5-2/h4-43H2,1-3H3. The van der Waals surface area contributed by atoms with E-state index in [9.17, 15) is 0 Å². The molecule has 0 aromatic heterocycles. The molecule has 0 aliphatic heterocycles. The molecule has 0 saturated carbocycles. The predicted molar refractivity (Wildman–Crippen MR) is 210 cm³/mol. The molecule has 0 rings (SSSR count). The van der Waals surface area contributed by atoms with Crippen molar-refractivity contribution in [1.29, 1.82) is 0 Å². The van der Waals surface area contributed by atoms with Gasteiger partial charge in [-0.25, -0.2) is 0 Å². The molecular formula is C44H89Cl. The smallest absolute Gasteiger partial charge is 0.0446 e. The molecule has 1 unspecified atom stereocenters. The van der Waals surface area contributed by atoms with E-state index in [1.165, 1.54) is 257 Å². The van der Waals surface area contributed by atoms with Gasteiger partial charge in [-0.15, -0.1) is 11.6 Å². The molecular weight excluding hydrogens is 564 g/mol. The van der Waals surface area contributed by atoms with E-state index in [0.717, 1.165) is 0 Å². The van der Waals surface area contributed by atoms with Gasteiger partial charge in [0.15, 0.2) is 0 Å². The third kappa shape index (κ3) is 37.0. The number of unbranched alkanes of at least 4 members (excludes halogenated alkanes) is 34. The number of rotatable bonds is 40. The highest BCUT2D eigenvalue weighted by Gasteiger charge is 2.25. The maximum atomic E-state index is 7.43. The fourth-order valence-corrected chi connectivity index (χ4v) is 7.80. The Morgan fingerprint density at radius 3 is 0.511 bits per heavy atom. The summed E-state index contributed by atoms with van der Waals surface area (Å²) in [5.41, 5.74) is 0. The molecule has 0 aliphatic rings.